The summed E-state index contributed by atoms with van der Waals surface area (Å²) in [5.74, 6) is 0.939. The van der Waals surface area contributed by atoms with E-state index in [2.05, 4.69) is 6.58 Å². The van der Waals surface area contributed by atoms with Crippen LogP contribution in [0.3, 0.4) is 0 Å². The van der Waals surface area contributed by atoms with Crippen molar-refractivity contribution in [1.29, 1.82) is 0 Å². The van der Waals surface area contributed by atoms with Crippen LogP contribution >= 0.6 is 0 Å². The number of hydrogen-bond acceptors (Lipinski definition) is 3. The molecular weight excluding hydrogens is 274 g/mol. The number of methoxy groups -OCH3 is 1. The van der Waals surface area contributed by atoms with E-state index >= 15 is 0 Å². The van der Waals surface area contributed by atoms with E-state index in [-0.39, 0.29) is 11.8 Å². The lowest BCUT2D eigenvalue weighted by molar-refractivity contribution is 0.414. The van der Waals surface area contributed by atoms with Crippen LogP contribution in [0.5, 0.6) is 5.75 Å². The molecule has 3 heteroatoms. The molecule has 0 heterocycles. The van der Waals surface area contributed by atoms with Crippen LogP contribution in [-0.4, -0.2) is 12.2 Å². The summed E-state index contributed by atoms with van der Waals surface area (Å²) in [6, 6.07) is 17.6. The monoisotopic (exact) mass is 297 g/mol. The van der Waals surface area contributed by atoms with E-state index in [1.807, 2.05) is 67.6 Å². The molecule has 1 atom stereocenters. The van der Waals surface area contributed by atoms with E-state index < -0.39 is 0 Å². The molecule has 0 aliphatic heterocycles. The largest absolute Gasteiger partial charge is 0.509 e. The molecule has 0 aromatic heterocycles. The van der Waals surface area contributed by atoms with Crippen molar-refractivity contribution in [2.45, 2.75) is 13.0 Å². The highest BCUT2D eigenvalue weighted by atomic mass is 16.5. The SMILES string of the molecule is C=C(O)/C=C/c1ccccc1.COc1cccc([C@H](C)N)c1. The average molecular weight is 297 g/mol. The van der Waals surface area contributed by atoms with E-state index in [0.717, 1.165) is 16.9 Å². The predicted molar refractivity (Wildman–Crippen MR) is 92.8 cm³/mol. The Morgan fingerprint density at radius 2 is 1.86 bits per heavy atom. The molecule has 3 N–H and O–H groups in total. The van der Waals surface area contributed by atoms with Crippen molar-refractivity contribution >= 4 is 6.08 Å². The molecule has 2 aromatic carbocycles. The first kappa shape index (κ1) is 17.5. The number of nitrogens with two attached hydrogens (primary N) is 1. The fraction of sp³-hybridized carbons (Fsp3) is 0.158. The topological polar surface area (TPSA) is 55.5 Å². The Bertz CT molecular complexity index is 604. The molecule has 0 bridgehead atoms. The van der Waals surface area contributed by atoms with E-state index in [9.17, 15) is 0 Å². The third kappa shape index (κ3) is 6.77. The first-order valence-electron chi connectivity index (χ1n) is 7.03. The number of aliphatic hydroxyl groups excluding tert-OH is 1. The lowest BCUT2D eigenvalue weighted by Gasteiger charge is -2.06. The van der Waals surface area contributed by atoms with Crippen molar-refractivity contribution in [3.8, 4) is 5.75 Å². The summed E-state index contributed by atoms with van der Waals surface area (Å²) >= 11 is 0. The van der Waals surface area contributed by atoms with Crippen LogP contribution in [0.15, 0.2) is 73.0 Å². The highest BCUT2D eigenvalue weighted by Gasteiger charge is 1.98. The summed E-state index contributed by atoms with van der Waals surface area (Å²) < 4.78 is 5.05. The summed E-state index contributed by atoms with van der Waals surface area (Å²) in [6.07, 6.45) is 3.37. The third-order valence-electron chi connectivity index (χ3n) is 2.89. The number of hydrogen-bond donors (Lipinski definition) is 2. The third-order valence-corrected chi connectivity index (χ3v) is 2.89. The van der Waals surface area contributed by atoms with Crippen LogP contribution in [0.2, 0.25) is 0 Å². The summed E-state index contributed by atoms with van der Waals surface area (Å²) in [5.41, 5.74) is 7.84. The second kappa shape index (κ2) is 9.42. The molecule has 0 unspecified atom stereocenters. The number of aliphatic hydroxyl groups is 1. The first-order chi connectivity index (χ1) is 10.5. The van der Waals surface area contributed by atoms with Gasteiger partial charge in [0.1, 0.15) is 11.5 Å². The number of allylic oxidation sites excluding steroid dienone is 1. The summed E-state index contributed by atoms with van der Waals surface area (Å²) in [5, 5.41) is 8.73. The summed E-state index contributed by atoms with van der Waals surface area (Å²) in [7, 11) is 1.65. The van der Waals surface area contributed by atoms with Crippen LogP contribution in [0, 0.1) is 0 Å². The molecule has 0 aliphatic carbocycles. The summed E-state index contributed by atoms with van der Waals surface area (Å²) in [6.45, 7) is 5.29. The highest BCUT2D eigenvalue weighted by molar-refractivity contribution is 5.51. The molecule has 0 saturated heterocycles. The molecule has 3 nitrogen and oxygen atoms in total. The molecule has 0 amide bonds. The quantitative estimate of drug-likeness (QED) is 0.646. The maximum Gasteiger partial charge on any atom is 0.119 e. The Hall–Kier alpha value is -2.52. The van der Waals surface area contributed by atoms with Gasteiger partial charge in [0.15, 0.2) is 0 Å². The zero-order valence-corrected chi connectivity index (χ0v) is 13.1. The number of ether oxygens (including phenoxy) is 1. The molecule has 0 saturated carbocycles. The van der Waals surface area contributed by atoms with Gasteiger partial charge in [-0.25, -0.2) is 0 Å². The molecule has 22 heavy (non-hydrogen) atoms. The van der Waals surface area contributed by atoms with E-state index in [1.165, 1.54) is 0 Å². The van der Waals surface area contributed by atoms with Crippen LogP contribution in [-0.2, 0) is 0 Å². The predicted octanol–water partition coefficient (Wildman–Crippen LogP) is 4.49. The molecule has 0 spiro atoms. The van der Waals surface area contributed by atoms with Gasteiger partial charge < -0.3 is 15.6 Å². The van der Waals surface area contributed by atoms with Gasteiger partial charge in [-0.15, -0.1) is 0 Å². The fourth-order valence-electron chi connectivity index (χ4n) is 1.68. The van der Waals surface area contributed by atoms with Crippen molar-refractivity contribution in [3.63, 3.8) is 0 Å². The summed E-state index contributed by atoms with van der Waals surface area (Å²) in [4.78, 5) is 0. The average Bonchev–Trinajstić information content (AvgIpc) is 2.54. The van der Waals surface area contributed by atoms with Crippen molar-refractivity contribution in [1.82, 2.24) is 0 Å². The smallest absolute Gasteiger partial charge is 0.119 e. The van der Waals surface area contributed by atoms with Crippen LogP contribution in [0.25, 0.3) is 6.08 Å². The van der Waals surface area contributed by atoms with Gasteiger partial charge in [-0.3, -0.25) is 0 Å². The molecular formula is C19H23NO2. The Morgan fingerprint density at radius 1 is 1.18 bits per heavy atom. The Kier molecular flexibility index (Phi) is 7.51. The second-order valence-electron chi connectivity index (χ2n) is 4.80. The zero-order chi connectivity index (χ0) is 16.4. The molecule has 2 aromatic rings. The number of benzene rings is 2. The van der Waals surface area contributed by atoms with Crippen molar-refractivity contribution < 1.29 is 9.84 Å². The van der Waals surface area contributed by atoms with Gasteiger partial charge in [0, 0.05) is 6.04 Å². The minimum atomic E-state index is 0.0742. The van der Waals surface area contributed by atoms with E-state index in [4.69, 9.17) is 15.6 Å². The van der Waals surface area contributed by atoms with E-state index in [1.54, 1.807) is 13.2 Å². The van der Waals surface area contributed by atoms with Crippen LogP contribution < -0.4 is 10.5 Å². The van der Waals surface area contributed by atoms with Crippen molar-refractivity contribution in [2.24, 2.45) is 5.73 Å². The normalized spacial score (nSPS) is 11.4. The minimum absolute atomic E-state index is 0.0742. The van der Waals surface area contributed by atoms with Crippen molar-refractivity contribution in [2.75, 3.05) is 7.11 Å². The van der Waals surface area contributed by atoms with Gasteiger partial charge in [-0.05, 0) is 36.3 Å². The van der Waals surface area contributed by atoms with Gasteiger partial charge in [0.2, 0.25) is 0 Å². The molecule has 0 aliphatic rings. The Balaban J connectivity index is 0.000000220. The van der Waals surface area contributed by atoms with Gasteiger partial charge in [0.05, 0.1) is 7.11 Å². The maximum atomic E-state index is 8.73. The van der Waals surface area contributed by atoms with Gasteiger partial charge in [-0.1, -0.05) is 55.1 Å². The lowest BCUT2D eigenvalue weighted by Crippen LogP contribution is -2.04. The zero-order valence-electron chi connectivity index (χ0n) is 13.1. The molecule has 0 fully saturated rings. The van der Waals surface area contributed by atoms with E-state index in [0.29, 0.717) is 0 Å². The number of rotatable bonds is 4. The molecule has 2 rings (SSSR count). The Morgan fingerprint density at radius 3 is 2.41 bits per heavy atom. The van der Waals surface area contributed by atoms with Crippen molar-refractivity contribution in [3.05, 3.63) is 84.1 Å². The van der Waals surface area contributed by atoms with Gasteiger partial charge in [-0.2, -0.15) is 0 Å². The molecule has 0 radical (unpaired) electrons. The lowest BCUT2D eigenvalue weighted by atomic mass is 10.1. The maximum absolute atomic E-state index is 8.73. The molecule has 116 valence electrons. The highest BCUT2D eigenvalue weighted by Crippen LogP contribution is 2.16. The fourth-order valence-corrected chi connectivity index (χ4v) is 1.68. The van der Waals surface area contributed by atoms with Gasteiger partial charge >= 0.3 is 0 Å². The first-order valence-corrected chi connectivity index (χ1v) is 7.03. The van der Waals surface area contributed by atoms with Crippen LogP contribution in [0.4, 0.5) is 0 Å². The minimum Gasteiger partial charge on any atom is -0.509 e. The van der Waals surface area contributed by atoms with Gasteiger partial charge in [0.25, 0.3) is 0 Å². The second-order valence-corrected chi connectivity index (χ2v) is 4.80. The standard InChI is InChI=1S/C10H10O.C9H13NO/c1-9(11)7-8-10-5-3-2-4-6-10;1-7(10)8-4-3-5-9(6-8)11-2/h2-8,11H,1H2;3-7H,10H2,1-2H3/b8-7+;/t;7-/m.0/s1. The van der Waals surface area contributed by atoms with Crippen LogP contribution in [0.1, 0.15) is 24.1 Å². The Labute approximate surface area is 132 Å².